The van der Waals surface area contributed by atoms with Crippen molar-refractivity contribution in [3.05, 3.63) is 94.5 Å². The van der Waals surface area contributed by atoms with Gasteiger partial charge in [0.2, 0.25) is 0 Å². The number of para-hydroxylation sites is 2. The van der Waals surface area contributed by atoms with Crippen LogP contribution in [0.15, 0.2) is 83.1 Å². The van der Waals surface area contributed by atoms with E-state index in [0.717, 1.165) is 66.3 Å². The van der Waals surface area contributed by atoms with Gasteiger partial charge in [-0.15, -0.1) is 0 Å². The molecule has 5 heteroatoms. The van der Waals surface area contributed by atoms with Crippen LogP contribution in [-0.2, 0) is 0 Å². The molecular weight excluding hydrogens is 484 g/mol. The molecule has 2 aromatic heterocycles. The molecule has 0 bridgehead atoms. The van der Waals surface area contributed by atoms with Crippen molar-refractivity contribution in [2.24, 2.45) is 0 Å². The van der Waals surface area contributed by atoms with E-state index >= 15 is 0 Å². The van der Waals surface area contributed by atoms with Crippen molar-refractivity contribution in [2.45, 2.75) is 79.7 Å². The first-order chi connectivity index (χ1) is 18.3. The van der Waals surface area contributed by atoms with Gasteiger partial charge in [-0.05, 0) is 97.4 Å². The van der Waals surface area contributed by atoms with Crippen molar-refractivity contribution in [3.63, 3.8) is 0 Å². The number of nitrogens with zero attached hydrogens (tertiary/aromatic N) is 1. The third-order valence-electron chi connectivity index (χ3n) is 6.61. The fourth-order valence-corrected chi connectivity index (χ4v) is 5.25. The van der Waals surface area contributed by atoms with Crippen LogP contribution in [0.1, 0.15) is 84.2 Å². The summed E-state index contributed by atoms with van der Waals surface area (Å²) in [6, 6.07) is 10.4. The predicted octanol–water partition coefficient (Wildman–Crippen LogP) is 9.84. The van der Waals surface area contributed by atoms with E-state index < -0.39 is 0 Å². The predicted molar refractivity (Wildman–Crippen MR) is 169 cm³/mol. The van der Waals surface area contributed by atoms with Gasteiger partial charge in [-0.2, -0.15) is 11.8 Å². The van der Waals surface area contributed by atoms with Crippen LogP contribution >= 0.6 is 11.8 Å². The van der Waals surface area contributed by atoms with E-state index in [0.29, 0.717) is 0 Å². The van der Waals surface area contributed by atoms with E-state index in [1.165, 1.54) is 27.9 Å². The van der Waals surface area contributed by atoms with Crippen molar-refractivity contribution in [3.8, 4) is 0 Å². The maximum atomic E-state index is 4.90. The quantitative estimate of drug-likeness (QED) is 0.135. The van der Waals surface area contributed by atoms with Crippen LogP contribution in [0.3, 0.4) is 0 Å². The normalized spacial score (nSPS) is 13.0. The molecule has 0 aliphatic heterocycles. The second-order valence-corrected chi connectivity index (χ2v) is 11.7. The third-order valence-corrected chi connectivity index (χ3v) is 7.58. The lowest BCUT2D eigenvalue weighted by Gasteiger charge is -2.17. The molecule has 3 aromatic rings. The summed E-state index contributed by atoms with van der Waals surface area (Å²) in [4.78, 5) is 11.8. The molecule has 1 unspecified atom stereocenters. The Hall–Kier alpha value is -2.92. The number of rotatable bonds is 15. The zero-order valence-electron chi connectivity index (χ0n) is 24.2. The molecule has 0 spiro atoms. The topological polar surface area (TPSA) is 56.5 Å². The lowest BCUT2D eigenvalue weighted by atomic mass is 10.0. The van der Waals surface area contributed by atoms with Crippen molar-refractivity contribution < 1.29 is 0 Å². The largest absolute Gasteiger partial charge is 0.361 e. The van der Waals surface area contributed by atoms with E-state index in [-0.39, 0.29) is 6.04 Å². The van der Waals surface area contributed by atoms with Gasteiger partial charge in [0.25, 0.3) is 0 Å². The summed E-state index contributed by atoms with van der Waals surface area (Å²) >= 11 is 1.95. The zero-order valence-corrected chi connectivity index (χ0v) is 25.0. The van der Waals surface area contributed by atoms with Gasteiger partial charge < -0.3 is 15.3 Å². The second-order valence-electron chi connectivity index (χ2n) is 10.7. The van der Waals surface area contributed by atoms with Crippen LogP contribution in [0.5, 0.6) is 0 Å². The molecule has 0 saturated heterocycles. The number of imidazole rings is 1. The highest BCUT2D eigenvalue weighted by atomic mass is 32.2. The lowest BCUT2D eigenvalue weighted by molar-refractivity contribution is 0.820. The molecule has 0 aliphatic rings. The van der Waals surface area contributed by atoms with E-state index in [2.05, 4.69) is 105 Å². The maximum Gasteiger partial charge on any atom is 0.130 e. The summed E-state index contributed by atoms with van der Waals surface area (Å²) in [6.45, 7) is 13.1. The number of allylic oxidation sites excluding steroid dienone is 7. The van der Waals surface area contributed by atoms with Crippen LogP contribution in [-0.4, -0.2) is 26.5 Å². The van der Waals surface area contributed by atoms with Gasteiger partial charge in [0.1, 0.15) is 11.6 Å². The Kier molecular flexibility index (Phi) is 12.1. The Bertz CT molecular complexity index is 1230. The summed E-state index contributed by atoms with van der Waals surface area (Å²) in [5.74, 6) is 3.96. The van der Waals surface area contributed by atoms with E-state index in [9.17, 15) is 0 Å². The van der Waals surface area contributed by atoms with Gasteiger partial charge in [-0.1, -0.05) is 58.7 Å². The average molecular weight is 531 g/mol. The second kappa shape index (κ2) is 15.5. The first-order valence-corrected chi connectivity index (χ1v) is 15.0. The van der Waals surface area contributed by atoms with Crippen LogP contribution in [0, 0.1) is 6.92 Å². The minimum atomic E-state index is 0.0887. The standard InChI is InChI=1S/C33H46N4S/c1-24(2)11-9-12-26(5)13-10-14-28(18-17-25(3)4)20-22-38-23-31(37-32-27(6)19-21-34-32)33-35-29-15-7-8-16-30(29)36-33/h7-8,11,13,15-17,19-21,31,34,37H,9-10,12,14,18,22-23H2,1-6H3,(H,35,36). The molecule has 38 heavy (non-hydrogen) atoms. The number of nitrogens with one attached hydrogen (secondary N) is 3. The SMILES string of the molecule is CC(C)=CCCC(C)=CCCC(=CCSCC(Nc1[nH]ccc1C)c1nc2ccccc2[nH]1)CC=C(C)C. The first kappa shape index (κ1) is 29.6. The Morgan fingerprint density at radius 2 is 1.71 bits per heavy atom. The van der Waals surface area contributed by atoms with Gasteiger partial charge in [-0.3, -0.25) is 0 Å². The number of aromatic nitrogens is 3. The van der Waals surface area contributed by atoms with Crippen molar-refractivity contribution in [1.82, 2.24) is 15.0 Å². The number of aromatic amines is 2. The monoisotopic (exact) mass is 530 g/mol. The number of H-pyrrole nitrogens is 2. The van der Waals surface area contributed by atoms with Crippen LogP contribution in [0.4, 0.5) is 5.82 Å². The van der Waals surface area contributed by atoms with Gasteiger partial charge in [0, 0.05) is 17.7 Å². The molecule has 0 saturated carbocycles. The highest BCUT2D eigenvalue weighted by Gasteiger charge is 2.17. The third kappa shape index (κ3) is 10.1. The van der Waals surface area contributed by atoms with Crippen LogP contribution in [0.25, 0.3) is 11.0 Å². The van der Waals surface area contributed by atoms with Crippen molar-refractivity contribution >= 4 is 28.6 Å². The summed E-state index contributed by atoms with van der Waals surface area (Å²) in [5.41, 5.74) is 9.12. The van der Waals surface area contributed by atoms with E-state index in [1.807, 2.05) is 24.0 Å². The van der Waals surface area contributed by atoms with Gasteiger partial charge >= 0.3 is 0 Å². The Morgan fingerprint density at radius 1 is 0.947 bits per heavy atom. The highest BCUT2D eigenvalue weighted by Crippen LogP contribution is 2.26. The summed E-state index contributed by atoms with van der Waals surface area (Å²) in [7, 11) is 0. The molecule has 0 radical (unpaired) electrons. The minimum Gasteiger partial charge on any atom is -0.361 e. The Balaban J connectivity index is 1.62. The maximum absolute atomic E-state index is 4.90. The number of fused-ring (bicyclic) bond motifs is 1. The van der Waals surface area contributed by atoms with E-state index in [1.54, 1.807) is 0 Å². The van der Waals surface area contributed by atoms with Gasteiger partial charge in [0.15, 0.2) is 0 Å². The molecule has 1 aromatic carbocycles. The van der Waals surface area contributed by atoms with Gasteiger partial charge in [-0.25, -0.2) is 4.98 Å². The van der Waals surface area contributed by atoms with E-state index in [4.69, 9.17) is 4.98 Å². The molecule has 1 atom stereocenters. The molecule has 204 valence electrons. The number of hydrogen-bond donors (Lipinski definition) is 3. The number of hydrogen-bond acceptors (Lipinski definition) is 3. The van der Waals surface area contributed by atoms with Crippen LogP contribution < -0.4 is 5.32 Å². The fourth-order valence-electron chi connectivity index (χ4n) is 4.28. The molecule has 0 aliphatic carbocycles. The Labute approximate surface area is 234 Å². The molecule has 3 N–H and O–H groups in total. The number of aryl methyl sites for hydroxylation is 1. The molecule has 3 rings (SSSR count). The summed E-state index contributed by atoms with van der Waals surface area (Å²) in [6.07, 6.45) is 17.1. The first-order valence-electron chi connectivity index (χ1n) is 13.8. The van der Waals surface area contributed by atoms with Crippen molar-refractivity contribution in [1.29, 1.82) is 0 Å². The lowest BCUT2D eigenvalue weighted by Crippen LogP contribution is -2.16. The molecule has 4 nitrogen and oxygen atoms in total. The number of thioether (sulfide) groups is 1. The molecule has 2 heterocycles. The highest BCUT2D eigenvalue weighted by molar-refractivity contribution is 7.99. The van der Waals surface area contributed by atoms with Crippen molar-refractivity contribution in [2.75, 3.05) is 16.8 Å². The summed E-state index contributed by atoms with van der Waals surface area (Å²) < 4.78 is 0. The average Bonchev–Trinajstić information content (AvgIpc) is 3.49. The van der Waals surface area contributed by atoms with Gasteiger partial charge in [0.05, 0.1) is 17.1 Å². The molecule has 0 amide bonds. The zero-order chi connectivity index (χ0) is 27.3. The Morgan fingerprint density at radius 3 is 2.42 bits per heavy atom. The smallest absolute Gasteiger partial charge is 0.130 e. The molecular formula is C33H46N4S. The number of benzene rings is 1. The molecule has 0 fully saturated rings. The summed E-state index contributed by atoms with van der Waals surface area (Å²) in [5, 5.41) is 3.69. The fraction of sp³-hybridized carbons (Fsp3) is 0.424. The number of anilines is 1. The minimum absolute atomic E-state index is 0.0887. The van der Waals surface area contributed by atoms with Crippen LogP contribution in [0.2, 0.25) is 0 Å².